The van der Waals surface area contributed by atoms with Crippen molar-refractivity contribution in [2.24, 2.45) is 0 Å². The molecule has 9 heteroatoms. The van der Waals surface area contributed by atoms with Crippen molar-refractivity contribution in [1.82, 2.24) is 19.4 Å². The second kappa shape index (κ2) is 12.7. The third-order valence-corrected chi connectivity index (χ3v) is 7.99. The predicted octanol–water partition coefficient (Wildman–Crippen LogP) is 7.91. The summed E-state index contributed by atoms with van der Waals surface area (Å²) in [5.41, 5.74) is 6.38. The van der Waals surface area contributed by atoms with Crippen LogP contribution in [-0.2, 0) is 17.8 Å². The van der Waals surface area contributed by atoms with Crippen LogP contribution in [0.4, 0.5) is 15.3 Å². The molecule has 9 nitrogen and oxygen atoms in total. The highest BCUT2D eigenvalue weighted by Gasteiger charge is 2.29. The zero-order valence-corrected chi connectivity index (χ0v) is 27.0. The summed E-state index contributed by atoms with van der Waals surface area (Å²) < 4.78 is 13.0. The molecule has 236 valence electrons. The maximum Gasteiger partial charge on any atom is 0.514 e. The summed E-state index contributed by atoms with van der Waals surface area (Å²) in [5, 5.41) is 0. The number of ether oxygens (including phenoxy) is 2. The lowest BCUT2D eigenvalue weighted by atomic mass is 10.0. The van der Waals surface area contributed by atoms with Crippen LogP contribution in [0.2, 0.25) is 0 Å². The van der Waals surface area contributed by atoms with E-state index in [9.17, 15) is 9.59 Å². The van der Waals surface area contributed by atoms with Gasteiger partial charge in [0.2, 0.25) is 0 Å². The minimum absolute atomic E-state index is 0.00587. The first-order valence-electron chi connectivity index (χ1n) is 15.6. The molecule has 0 saturated carbocycles. The second-order valence-corrected chi connectivity index (χ2v) is 12.6. The quantitative estimate of drug-likeness (QED) is 0.136. The van der Waals surface area contributed by atoms with Gasteiger partial charge in [0.1, 0.15) is 17.2 Å². The number of hydrogen-bond donors (Lipinski definition) is 0. The van der Waals surface area contributed by atoms with Gasteiger partial charge in [0.15, 0.2) is 5.65 Å². The van der Waals surface area contributed by atoms with Gasteiger partial charge in [-0.1, -0.05) is 72.8 Å². The van der Waals surface area contributed by atoms with E-state index in [1.54, 1.807) is 26.8 Å². The Kier molecular flexibility index (Phi) is 8.49. The minimum Gasteiger partial charge on any atom is -0.428 e. The van der Waals surface area contributed by atoms with E-state index < -0.39 is 11.8 Å². The van der Waals surface area contributed by atoms with Crippen LogP contribution in [0.25, 0.3) is 22.3 Å². The van der Waals surface area contributed by atoms with Crippen LogP contribution in [0.15, 0.2) is 84.9 Å². The number of amides is 2. The van der Waals surface area contributed by atoms with E-state index in [1.165, 1.54) is 0 Å². The summed E-state index contributed by atoms with van der Waals surface area (Å²) >= 11 is 0. The number of carbonyl (C=O) groups is 2. The van der Waals surface area contributed by atoms with E-state index in [1.807, 2.05) is 72.2 Å². The number of benzene rings is 3. The molecule has 0 unspecified atom stereocenters. The lowest BCUT2D eigenvalue weighted by molar-refractivity contribution is 0.0207. The molecule has 3 aromatic carbocycles. The zero-order valence-electron chi connectivity index (χ0n) is 27.0. The normalized spacial score (nSPS) is 13.7. The Morgan fingerprint density at radius 1 is 0.848 bits per heavy atom. The zero-order chi connectivity index (χ0) is 32.4. The molecule has 3 heterocycles. The van der Waals surface area contributed by atoms with E-state index in [2.05, 4.69) is 34.9 Å². The van der Waals surface area contributed by atoms with Crippen LogP contribution in [0.1, 0.15) is 49.8 Å². The van der Waals surface area contributed by atoms with Gasteiger partial charge >= 0.3 is 12.2 Å². The Labute approximate surface area is 269 Å². The fraction of sp³-hybridized carbons (Fsp3) is 0.297. The summed E-state index contributed by atoms with van der Waals surface area (Å²) in [7, 11) is 0. The highest BCUT2D eigenvalue weighted by Crippen LogP contribution is 2.32. The number of hydrogen-bond acceptors (Lipinski definition) is 6. The van der Waals surface area contributed by atoms with E-state index in [4.69, 9.17) is 19.4 Å². The van der Waals surface area contributed by atoms with Crippen molar-refractivity contribution in [3.8, 4) is 16.9 Å². The fourth-order valence-electron chi connectivity index (χ4n) is 5.80. The smallest absolute Gasteiger partial charge is 0.428 e. The molecule has 1 saturated heterocycles. The van der Waals surface area contributed by atoms with Gasteiger partial charge in [-0.15, -0.1) is 0 Å². The van der Waals surface area contributed by atoms with Crippen molar-refractivity contribution in [1.29, 1.82) is 0 Å². The van der Waals surface area contributed by atoms with Crippen molar-refractivity contribution in [3.63, 3.8) is 0 Å². The number of urea groups is 1. The Morgan fingerprint density at radius 2 is 1.54 bits per heavy atom. The number of nitrogens with zero attached hydrogens (tertiary/aromatic N) is 5. The average molecular weight is 618 g/mol. The Hall–Kier alpha value is -5.18. The molecule has 5 aromatic rings. The maximum absolute atomic E-state index is 13.7. The molecule has 2 aromatic heterocycles. The summed E-state index contributed by atoms with van der Waals surface area (Å²) in [5.74, 6) is 1.28. The highest BCUT2D eigenvalue weighted by molar-refractivity contribution is 5.95. The number of imidazole rings is 1. The number of pyridine rings is 1. The predicted molar refractivity (Wildman–Crippen MR) is 179 cm³/mol. The monoisotopic (exact) mass is 617 g/mol. The van der Waals surface area contributed by atoms with Crippen molar-refractivity contribution >= 4 is 29.0 Å². The van der Waals surface area contributed by atoms with E-state index in [-0.39, 0.29) is 6.03 Å². The van der Waals surface area contributed by atoms with Gasteiger partial charge in [-0.25, -0.2) is 19.6 Å². The van der Waals surface area contributed by atoms with Gasteiger partial charge < -0.3 is 18.9 Å². The van der Waals surface area contributed by atoms with Crippen LogP contribution in [-0.4, -0.2) is 50.3 Å². The number of aromatic nitrogens is 3. The van der Waals surface area contributed by atoms with Crippen LogP contribution >= 0.6 is 0 Å². The van der Waals surface area contributed by atoms with E-state index in [0.29, 0.717) is 31.0 Å². The first kappa shape index (κ1) is 30.8. The molecule has 0 bridgehead atoms. The molecule has 6 rings (SSSR count). The molecule has 0 N–H and O–H groups in total. The third kappa shape index (κ3) is 6.73. The van der Waals surface area contributed by atoms with Crippen molar-refractivity contribution in [3.05, 3.63) is 108 Å². The number of rotatable bonds is 7. The van der Waals surface area contributed by atoms with Crippen molar-refractivity contribution < 1.29 is 19.1 Å². The molecule has 0 atom stereocenters. The average Bonchev–Trinajstić information content (AvgIpc) is 3.31. The van der Waals surface area contributed by atoms with Crippen LogP contribution in [0, 0.1) is 13.8 Å². The number of anilines is 1. The Balaban J connectivity index is 1.23. The lowest BCUT2D eigenvalue weighted by Gasteiger charge is -2.36. The molecule has 46 heavy (non-hydrogen) atoms. The maximum atomic E-state index is 13.7. The lowest BCUT2D eigenvalue weighted by Crippen LogP contribution is -2.49. The van der Waals surface area contributed by atoms with Gasteiger partial charge in [-0.3, -0.25) is 4.90 Å². The molecule has 1 fully saturated rings. The molecule has 0 aliphatic carbocycles. The largest absolute Gasteiger partial charge is 0.514 e. The fourth-order valence-corrected chi connectivity index (χ4v) is 5.80. The highest BCUT2D eigenvalue weighted by atomic mass is 16.7. The van der Waals surface area contributed by atoms with Gasteiger partial charge in [0.25, 0.3) is 0 Å². The van der Waals surface area contributed by atoms with E-state index >= 15 is 0 Å². The van der Waals surface area contributed by atoms with Crippen molar-refractivity contribution in [2.75, 3.05) is 18.0 Å². The Bertz CT molecular complexity index is 1880. The van der Waals surface area contributed by atoms with Crippen LogP contribution < -0.4 is 9.64 Å². The summed E-state index contributed by atoms with van der Waals surface area (Å²) in [6.07, 6.45) is 0.143. The third-order valence-electron chi connectivity index (χ3n) is 7.99. The molecule has 1 aliphatic heterocycles. The van der Waals surface area contributed by atoms with E-state index in [0.717, 1.165) is 57.9 Å². The standard InChI is InChI=1S/C37H39N5O4/c1-25-31(41-21-11-20-40(35(41)43)23-27-12-7-6-8-13-27)22-32-34(38-25)39-26(2)42(32)24-28-16-18-29(19-17-28)30-14-9-10-15-33(30)45-36(44)46-37(3,4)5/h6-10,12-19,22H,11,20-21,23-24H2,1-5H3. The molecule has 0 radical (unpaired) electrons. The summed E-state index contributed by atoms with van der Waals surface area (Å²) in [4.78, 5) is 39.4. The molecular formula is C37H39N5O4. The first-order chi connectivity index (χ1) is 22.1. The molecule has 2 amide bonds. The minimum atomic E-state index is -0.739. The SMILES string of the molecule is Cc1nc2nc(C)n(Cc3ccc(-c4ccccc4OC(=O)OC(C)(C)C)cc3)c2cc1N1CCCN(Cc2ccccc2)C1=O. The number of fused-ring (bicyclic) bond motifs is 1. The van der Waals surface area contributed by atoms with Gasteiger partial charge in [0, 0.05) is 31.7 Å². The van der Waals surface area contributed by atoms with Gasteiger partial charge in [-0.2, -0.15) is 0 Å². The van der Waals surface area contributed by atoms with Gasteiger partial charge in [-0.05, 0) is 69.9 Å². The Morgan fingerprint density at radius 3 is 2.28 bits per heavy atom. The first-order valence-corrected chi connectivity index (χ1v) is 15.6. The van der Waals surface area contributed by atoms with Crippen molar-refractivity contribution in [2.45, 2.75) is 59.7 Å². The topological polar surface area (TPSA) is 89.8 Å². The number of aryl methyl sites for hydroxylation is 2. The molecule has 0 spiro atoms. The number of para-hydroxylation sites is 1. The second-order valence-electron chi connectivity index (χ2n) is 12.6. The number of carbonyl (C=O) groups excluding carboxylic acids is 2. The van der Waals surface area contributed by atoms with Crippen LogP contribution in [0.5, 0.6) is 5.75 Å². The van der Waals surface area contributed by atoms with Gasteiger partial charge in [0.05, 0.1) is 16.9 Å². The molecule has 1 aliphatic rings. The molecular weight excluding hydrogens is 578 g/mol. The summed E-state index contributed by atoms with van der Waals surface area (Å²) in [6.45, 7) is 11.8. The summed E-state index contributed by atoms with van der Waals surface area (Å²) in [6, 6.07) is 27.7. The van der Waals surface area contributed by atoms with Crippen LogP contribution in [0.3, 0.4) is 0 Å².